The first kappa shape index (κ1) is 29.0. The highest BCUT2D eigenvalue weighted by Gasteiger charge is 2.33. The monoisotopic (exact) mass is 583 g/mol. The lowest BCUT2D eigenvalue weighted by molar-refractivity contribution is -0.141. The molecule has 1 aliphatic heterocycles. The number of nitrogen functional groups attached to an aromatic ring is 1. The lowest BCUT2D eigenvalue weighted by atomic mass is 10.00. The summed E-state index contributed by atoms with van der Waals surface area (Å²) in [5, 5.41) is 10.6. The zero-order chi connectivity index (χ0) is 29.9. The summed E-state index contributed by atoms with van der Waals surface area (Å²) < 4.78 is 28.6. The zero-order valence-electron chi connectivity index (χ0n) is 23.6. The molecule has 0 amide bonds. The standard InChI is InChI=1S/C31H29N5O5S/c1-18-24(35-29(40-18)22-8-6-7-9-25(22)37-5)17-42-30-23(14-32)26(27(34-4)28(33)36-30)19-10-12-20(13-11-19)38-15-21-16-39-31(2,3)41-21/h6-13,21H,15-17H2,1-3,5H3,(H2,33,36)/t21-/m1/s1. The van der Waals surface area contributed by atoms with Gasteiger partial charge in [-0.25, -0.2) is 14.8 Å². The molecule has 3 heterocycles. The fraction of sp³-hybridized carbons (Fsp3) is 0.290. The molecule has 0 bridgehead atoms. The lowest BCUT2D eigenvalue weighted by Crippen LogP contribution is -2.25. The van der Waals surface area contributed by atoms with Crippen molar-refractivity contribution < 1.29 is 23.4 Å². The van der Waals surface area contributed by atoms with Crippen molar-refractivity contribution in [3.05, 3.63) is 77.0 Å². The number of nitriles is 1. The number of hydrogen-bond acceptors (Lipinski definition) is 10. The Morgan fingerprint density at radius 2 is 1.95 bits per heavy atom. The first-order valence-electron chi connectivity index (χ1n) is 13.1. The minimum Gasteiger partial charge on any atom is -0.496 e. The lowest BCUT2D eigenvalue weighted by Gasteiger charge is -2.17. The van der Waals surface area contributed by atoms with E-state index in [0.29, 0.717) is 64.0 Å². The maximum absolute atomic E-state index is 10.2. The predicted octanol–water partition coefficient (Wildman–Crippen LogP) is 6.55. The van der Waals surface area contributed by atoms with E-state index in [1.807, 2.05) is 45.0 Å². The number of methoxy groups -OCH3 is 1. The quantitative estimate of drug-likeness (QED) is 0.171. The van der Waals surface area contributed by atoms with Crippen LogP contribution in [0.4, 0.5) is 11.5 Å². The second-order valence-electron chi connectivity index (χ2n) is 9.92. The summed E-state index contributed by atoms with van der Waals surface area (Å²) in [5.41, 5.74) is 9.13. The highest BCUT2D eigenvalue weighted by molar-refractivity contribution is 7.98. The summed E-state index contributed by atoms with van der Waals surface area (Å²) in [4.78, 5) is 12.7. The smallest absolute Gasteiger partial charge is 0.236 e. The van der Waals surface area contributed by atoms with Crippen molar-refractivity contribution in [1.29, 1.82) is 5.26 Å². The molecule has 1 aliphatic rings. The molecule has 0 saturated carbocycles. The normalized spacial score (nSPS) is 15.6. The van der Waals surface area contributed by atoms with Gasteiger partial charge in [0.1, 0.15) is 46.9 Å². The van der Waals surface area contributed by atoms with Crippen molar-refractivity contribution in [1.82, 2.24) is 9.97 Å². The Morgan fingerprint density at radius 1 is 1.19 bits per heavy atom. The van der Waals surface area contributed by atoms with Crippen LogP contribution in [0.5, 0.6) is 11.5 Å². The number of ether oxygens (including phenoxy) is 4. The summed E-state index contributed by atoms with van der Waals surface area (Å²) in [6.07, 6.45) is -0.169. The average Bonchev–Trinajstić information content (AvgIpc) is 3.55. The molecule has 1 atom stereocenters. The molecule has 0 unspecified atom stereocenters. The number of nitrogens with zero attached hydrogens (tertiary/aromatic N) is 4. The Balaban J connectivity index is 1.38. The third kappa shape index (κ3) is 6.04. The van der Waals surface area contributed by atoms with Gasteiger partial charge in [0.25, 0.3) is 0 Å². The number of nitrogens with two attached hydrogens (primary N) is 1. The molecule has 1 saturated heterocycles. The van der Waals surface area contributed by atoms with Gasteiger partial charge in [0.15, 0.2) is 5.79 Å². The van der Waals surface area contributed by atoms with E-state index in [0.717, 1.165) is 5.56 Å². The van der Waals surface area contributed by atoms with Gasteiger partial charge in [-0.2, -0.15) is 5.26 Å². The highest BCUT2D eigenvalue weighted by Crippen LogP contribution is 2.42. The molecule has 0 aliphatic carbocycles. The van der Waals surface area contributed by atoms with Gasteiger partial charge in [-0.05, 0) is 50.6 Å². The Kier molecular flexibility index (Phi) is 8.36. The Morgan fingerprint density at radius 3 is 2.62 bits per heavy atom. The van der Waals surface area contributed by atoms with E-state index in [9.17, 15) is 5.26 Å². The van der Waals surface area contributed by atoms with Crippen LogP contribution < -0.4 is 15.2 Å². The molecule has 4 aromatic rings. The largest absolute Gasteiger partial charge is 0.496 e. The molecule has 5 rings (SSSR count). The maximum Gasteiger partial charge on any atom is 0.236 e. The molecule has 10 nitrogen and oxygen atoms in total. The van der Waals surface area contributed by atoms with Crippen molar-refractivity contribution in [2.24, 2.45) is 0 Å². The van der Waals surface area contributed by atoms with Crippen molar-refractivity contribution in [3.8, 4) is 40.1 Å². The van der Waals surface area contributed by atoms with E-state index in [-0.39, 0.29) is 23.2 Å². The Bertz CT molecular complexity index is 1690. The van der Waals surface area contributed by atoms with Crippen LogP contribution in [-0.2, 0) is 15.2 Å². The first-order chi connectivity index (χ1) is 20.2. The van der Waals surface area contributed by atoms with Crippen LogP contribution in [0.25, 0.3) is 27.4 Å². The molecule has 42 heavy (non-hydrogen) atoms. The van der Waals surface area contributed by atoms with Gasteiger partial charge in [-0.15, -0.1) is 0 Å². The summed E-state index contributed by atoms with van der Waals surface area (Å²) in [6.45, 7) is 14.1. The minimum absolute atomic E-state index is 0.0504. The molecule has 1 fully saturated rings. The molecular formula is C31H29N5O5S. The van der Waals surface area contributed by atoms with Crippen LogP contribution in [0.1, 0.15) is 30.9 Å². The molecule has 214 valence electrons. The van der Waals surface area contributed by atoms with Crippen LogP contribution in [0.15, 0.2) is 58.0 Å². The fourth-order valence-electron chi connectivity index (χ4n) is 4.56. The zero-order valence-corrected chi connectivity index (χ0v) is 24.4. The first-order valence-corrected chi connectivity index (χ1v) is 14.1. The molecule has 0 spiro atoms. The number of pyridine rings is 1. The SMILES string of the molecule is [C-]#[N+]c1c(N)nc(SCc2nc(-c3ccccc3OC)oc2C)c(C#N)c1-c1ccc(OC[C@@H]2COC(C)(C)O2)cc1. The summed E-state index contributed by atoms with van der Waals surface area (Å²) in [7, 11) is 1.59. The van der Waals surface area contributed by atoms with Gasteiger partial charge in [0.2, 0.25) is 11.6 Å². The minimum atomic E-state index is -0.622. The van der Waals surface area contributed by atoms with Gasteiger partial charge in [-0.1, -0.05) is 36.0 Å². The van der Waals surface area contributed by atoms with Gasteiger partial charge in [-0.3, -0.25) is 0 Å². The van der Waals surface area contributed by atoms with E-state index in [1.54, 1.807) is 31.4 Å². The highest BCUT2D eigenvalue weighted by atomic mass is 32.2. The summed E-state index contributed by atoms with van der Waals surface area (Å²) in [5.74, 6) is 2.16. The second-order valence-corrected chi connectivity index (χ2v) is 10.9. The van der Waals surface area contributed by atoms with Crippen LogP contribution in [0, 0.1) is 24.8 Å². The van der Waals surface area contributed by atoms with E-state index in [2.05, 4.69) is 20.9 Å². The van der Waals surface area contributed by atoms with Gasteiger partial charge in [0.05, 0.1) is 37.1 Å². The molecule has 11 heteroatoms. The van der Waals surface area contributed by atoms with Crippen LogP contribution in [0.3, 0.4) is 0 Å². The number of oxazole rings is 1. The fourth-order valence-corrected chi connectivity index (χ4v) is 5.56. The van der Waals surface area contributed by atoms with Gasteiger partial charge >= 0.3 is 0 Å². The van der Waals surface area contributed by atoms with Crippen LogP contribution in [0.2, 0.25) is 0 Å². The van der Waals surface area contributed by atoms with E-state index in [1.165, 1.54) is 11.8 Å². The maximum atomic E-state index is 10.2. The second kappa shape index (κ2) is 12.1. The third-order valence-electron chi connectivity index (χ3n) is 6.61. The number of benzene rings is 2. The number of anilines is 1. The van der Waals surface area contributed by atoms with Crippen molar-refractivity contribution in [2.45, 2.75) is 43.4 Å². The molecular weight excluding hydrogens is 554 g/mol. The van der Waals surface area contributed by atoms with E-state index >= 15 is 0 Å². The number of para-hydroxylation sites is 1. The van der Waals surface area contributed by atoms with Crippen molar-refractivity contribution in [3.63, 3.8) is 0 Å². The molecule has 2 N–H and O–H groups in total. The average molecular weight is 584 g/mol. The third-order valence-corrected chi connectivity index (χ3v) is 7.60. The van der Waals surface area contributed by atoms with Crippen LogP contribution >= 0.6 is 11.8 Å². The Labute approximate surface area is 248 Å². The summed E-state index contributed by atoms with van der Waals surface area (Å²) in [6, 6.07) is 16.9. The Hall–Kier alpha value is -4.55. The topological polar surface area (TPSA) is 130 Å². The molecule has 2 aromatic heterocycles. The molecule has 0 radical (unpaired) electrons. The number of aromatic nitrogens is 2. The number of thioether (sulfide) groups is 1. The van der Waals surface area contributed by atoms with E-state index < -0.39 is 5.79 Å². The number of rotatable bonds is 9. The van der Waals surface area contributed by atoms with Gasteiger partial charge in [0, 0.05) is 11.3 Å². The van der Waals surface area contributed by atoms with Crippen molar-refractivity contribution >= 4 is 23.3 Å². The number of hydrogen-bond donors (Lipinski definition) is 1. The van der Waals surface area contributed by atoms with Crippen LogP contribution in [-0.4, -0.2) is 42.2 Å². The summed E-state index contributed by atoms with van der Waals surface area (Å²) >= 11 is 1.30. The van der Waals surface area contributed by atoms with Gasteiger partial charge < -0.3 is 29.1 Å². The van der Waals surface area contributed by atoms with E-state index in [4.69, 9.17) is 35.7 Å². The number of aryl methyl sites for hydroxylation is 1. The predicted molar refractivity (Wildman–Crippen MR) is 158 cm³/mol. The molecule has 2 aromatic carbocycles. The van der Waals surface area contributed by atoms with Crippen molar-refractivity contribution in [2.75, 3.05) is 26.1 Å².